The predicted molar refractivity (Wildman–Crippen MR) is 108 cm³/mol. The fourth-order valence-electron chi connectivity index (χ4n) is 3.78. The molecule has 1 aromatic carbocycles. The molecule has 0 aromatic heterocycles. The zero-order valence-electron chi connectivity index (χ0n) is 17.2. The minimum absolute atomic E-state index is 0.0930. The van der Waals surface area contributed by atoms with Crippen molar-refractivity contribution in [2.75, 3.05) is 25.1 Å². The van der Waals surface area contributed by atoms with Crippen molar-refractivity contribution in [3.05, 3.63) is 22.2 Å². The van der Waals surface area contributed by atoms with Gasteiger partial charge in [-0.2, -0.15) is 0 Å². The topological polar surface area (TPSA) is 146 Å². The highest BCUT2D eigenvalue weighted by atomic mass is 16.6. The lowest BCUT2D eigenvalue weighted by molar-refractivity contribution is -0.384. The van der Waals surface area contributed by atoms with Crippen LogP contribution in [-0.2, 0) is 19.1 Å². The molecule has 0 bridgehead atoms. The average Bonchev–Trinajstić information content (AvgIpc) is 2.96. The Hall–Kier alpha value is -3.37. The molecule has 2 N–H and O–H groups in total. The van der Waals surface area contributed by atoms with Crippen molar-refractivity contribution < 1.29 is 33.5 Å². The van der Waals surface area contributed by atoms with Gasteiger partial charge in [0.25, 0.3) is 11.6 Å². The van der Waals surface area contributed by atoms with Crippen LogP contribution >= 0.6 is 0 Å². The SMILES string of the molecule is CC(=O)NC1(C(=O)OCC(=O)Nc2cc3c(cc2[N+](=O)[O-])OCCCO3)CCCCC1. The summed E-state index contributed by atoms with van der Waals surface area (Å²) in [7, 11) is 0. The highest BCUT2D eigenvalue weighted by Gasteiger charge is 2.42. The van der Waals surface area contributed by atoms with E-state index in [2.05, 4.69) is 10.6 Å². The second-order valence-corrected chi connectivity index (χ2v) is 7.57. The number of amides is 2. The number of benzene rings is 1. The molecular weight excluding hydrogens is 410 g/mol. The van der Waals surface area contributed by atoms with Crippen molar-refractivity contribution in [1.82, 2.24) is 5.32 Å². The zero-order valence-corrected chi connectivity index (χ0v) is 17.2. The van der Waals surface area contributed by atoms with Gasteiger partial charge in [0.15, 0.2) is 18.1 Å². The van der Waals surface area contributed by atoms with E-state index in [-0.39, 0.29) is 28.8 Å². The molecule has 31 heavy (non-hydrogen) atoms. The smallest absolute Gasteiger partial charge is 0.332 e. The quantitative estimate of drug-likeness (QED) is 0.392. The van der Waals surface area contributed by atoms with E-state index < -0.39 is 28.9 Å². The summed E-state index contributed by atoms with van der Waals surface area (Å²) in [5, 5.41) is 16.5. The lowest BCUT2D eigenvalue weighted by Crippen LogP contribution is -2.56. The van der Waals surface area contributed by atoms with Gasteiger partial charge in [0.05, 0.1) is 24.2 Å². The summed E-state index contributed by atoms with van der Waals surface area (Å²) in [5.74, 6) is -1.29. The first-order valence-electron chi connectivity index (χ1n) is 10.1. The summed E-state index contributed by atoms with van der Waals surface area (Å²) in [6.07, 6.45) is 3.94. The van der Waals surface area contributed by atoms with Gasteiger partial charge in [0, 0.05) is 19.4 Å². The van der Waals surface area contributed by atoms with Crippen LogP contribution in [0.3, 0.4) is 0 Å². The molecule has 1 aromatic rings. The van der Waals surface area contributed by atoms with E-state index in [1.807, 2.05) is 0 Å². The number of esters is 1. The highest BCUT2D eigenvalue weighted by Crippen LogP contribution is 2.39. The van der Waals surface area contributed by atoms with Crippen LogP contribution in [0.25, 0.3) is 0 Å². The van der Waals surface area contributed by atoms with Gasteiger partial charge in [-0.3, -0.25) is 19.7 Å². The number of hydrogen-bond acceptors (Lipinski definition) is 8. The van der Waals surface area contributed by atoms with Gasteiger partial charge in [-0.25, -0.2) is 4.79 Å². The number of fused-ring (bicyclic) bond motifs is 1. The van der Waals surface area contributed by atoms with Crippen LogP contribution in [0.2, 0.25) is 0 Å². The van der Waals surface area contributed by atoms with Crippen LogP contribution in [0.15, 0.2) is 12.1 Å². The molecule has 1 fully saturated rings. The van der Waals surface area contributed by atoms with Gasteiger partial charge in [-0.15, -0.1) is 0 Å². The number of carbonyl (C=O) groups is 3. The Kier molecular flexibility index (Phi) is 6.93. The summed E-state index contributed by atoms with van der Waals surface area (Å²) < 4.78 is 16.1. The summed E-state index contributed by atoms with van der Waals surface area (Å²) in [6, 6.07) is 2.51. The van der Waals surface area contributed by atoms with E-state index in [0.29, 0.717) is 32.5 Å². The van der Waals surface area contributed by atoms with Crippen molar-refractivity contribution >= 4 is 29.2 Å². The lowest BCUT2D eigenvalue weighted by Gasteiger charge is -2.35. The Morgan fingerprint density at radius 1 is 1.10 bits per heavy atom. The first kappa shape index (κ1) is 22.3. The lowest BCUT2D eigenvalue weighted by atomic mass is 9.81. The monoisotopic (exact) mass is 435 g/mol. The molecule has 168 valence electrons. The number of anilines is 1. The van der Waals surface area contributed by atoms with Gasteiger partial charge in [-0.1, -0.05) is 19.3 Å². The Morgan fingerprint density at radius 2 is 1.74 bits per heavy atom. The molecule has 1 heterocycles. The molecule has 0 spiro atoms. The van der Waals surface area contributed by atoms with Crippen molar-refractivity contribution in [2.24, 2.45) is 0 Å². The molecule has 2 aliphatic rings. The molecule has 3 rings (SSSR count). The van der Waals surface area contributed by atoms with Crippen molar-refractivity contribution in [1.29, 1.82) is 0 Å². The number of nitrogens with zero attached hydrogens (tertiary/aromatic N) is 1. The highest BCUT2D eigenvalue weighted by molar-refractivity contribution is 5.96. The van der Waals surface area contributed by atoms with Crippen molar-refractivity contribution in [2.45, 2.75) is 51.0 Å². The first-order chi connectivity index (χ1) is 14.8. The van der Waals surface area contributed by atoms with Crippen molar-refractivity contribution in [3.63, 3.8) is 0 Å². The molecule has 2 amide bonds. The third-order valence-corrected chi connectivity index (χ3v) is 5.18. The summed E-state index contributed by atoms with van der Waals surface area (Å²) >= 11 is 0. The molecule has 1 saturated carbocycles. The van der Waals surface area contributed by atoms with Crippen LogP contribution in [0.1, 0.15) is 45.4 Å². The molecule has 1 aliphatic heterocycles. The molecular formula is C20H25N3O8. The Labute approximate surface area is 178 Å². The molecule has 11 nitrogen and oxygen atoms in total. The fourth-order valence-corrected chi connectivity index (χ4v) is 3.78. The number of nitro groups is 1. The maximum atomic E-state index is 12.7. The predicted octanol–water partition coefficient (Wildman–Crippen LogP) is 2.08. The molecule has 0 unspecified atom stereocenters. The number of nitrogens with one attached hydrogen (secondary N) is 2. The molecule has 1 aliphatic carbocycles. The maximum absolute atomic E-state index is 12.7. The normalized spacial score (nSPS) is 17.1. The Bertz CT molecular complexity index is 879. The van der Waals surface area contributed by atoms with E-state index in [9.17, 15) is 24.5 Å². The molecule has 0 saturated heterocycles. The van der Waals surface area contributed by atoms with Crippen LogP contribution in [-0.4, -0.2) is 48.1 Å². The molecule has 0 atom stereocenters. The summed E-state index contributed by atoms with van der Waals surface area (Å²) in [4.78, 5) is 47.4. The minimum atomic E-state index is -1.15. The fraction of sp³-hybridized carbons (Fsp3) is 0.550. The van der Waals surface area contributed by atoms with E-state index in [1.54, 1.807) is 0 Å². The van der Waals surface area contributed by atoms with Gasteiger partial charge >= 0.3 is 5.97 Å². The third-order valence-electron chi connectivity index (χ3n) is 5.18. The largest absolute Gasteiger partial charge is 0.489 e. The average molecular weight is 435 g/mol. The first-order valence-corrected chi connectivity index (χ1v) is 10.1. The Balaban J connectivity index is 1.69. The van der Waals surface area contributed by atoms with Gasteiger partial charge < -0.3 is 24.8 Å². The van der Waals surface area contributed by atoms with Crippen LogP contribution in [0, 0.1) is 10.1 Å². The van der Waals surface area contributed by atoms with E-state index >= 15 is 0 Å². The van der Waals surface area contributed by atoms with Crippen LogP contribution in [0.4, 0.5) is 11.4 Å². The van der Waals surface area contributed by atoms with E-state index in [1.165, 1.54) is 19.1 Å². The summed E-state index contributed by atoms with van der Waals surface area (Å²) in [6.45, 7) is 1.41. The van der Waals surface area contributed by atoms with E-state index in [4.69, 9.17) is 14.2 Å². The number of hydrogen-bond donors (Lipinski definition) is 2. The number of carbonyl (C=O) groups excluding carboxylic acids is 3. The zero-order chi connectivity index (χ0) is 22.4. The molecule has 11 heteroatoms. The third kappa shape index (κ3) is 5.41. The Morgan fingerprint density at radius 3 is 2.35 bits per heavy atom. The standard InChI is InChI=1S/C20H25N3O8/c1-13(24)22-20(6-3-2-4-7-20)19(26)31-12-18(25)21-14-10-16-17(11-15(14)23(27)28)30-9-5-8-29-16/h10-11H,2-9,12H2,1H3,(H,21,25)(H,22,24). The van der Waals surface area contributed by atoms with E-state index in [0.717, 1.165) is 19.3 Å². The van der Waals surface area contributed by atoms with Gasteiger partial charge in [-0.05, 0) is 12.8 Å². The van der Waals surface area contributed by atoms with Gasteiger partial charge in [0.1, 0.15) is 11.2 Å². The van der Waals surface area contributed by atoms with Crippen molar-refractivity contribution in [3.8, 4) is 11.5 Å². The van der Waals surface area contributed by atoms with Crippen LogP contribution in [0.5, 0.6) is 11.5 Å². The molecule has 0 radical (unpaired) electrons. The minimum Gasteiger partial charge on any atom is -0.489 e. The van der Waals surface area contributed by atoms with Gasteiger partial charge in [0.2, 0.25) is 5.91 Å². The summed E-state index contributed by atoms with van der Waals surface area (Å²) in [5.41, 5.74) is -1.61. The van der Waals surface area contributed by atoms with Crippen LogP contribution < -0.4 is 20.1 Å². The maximum Gasteiger partial charge on any atom is 0.332 e. The number of rotatable bonds is 6. The second kappa shape index (κ2) is 9.63. The number of ether oxygens (including phenoxy) is 3. The second-order valence-electron chi connectivity index (χ2n) is 7.57. The number of nitro benzene ring substituents is 1.